The van der Waals surface area contributed by atoms with Crippen LogP contribution in [0.2, 0.25) is 18.1 Å². The molecule has 45 heavy (non-hydrogen) atoms. The molecule has 2 fully saturated rings. The fraction of sp³-hybridized carbons (Fsp3) is 0.706. The van der Waals surface area contributed by atoms with Crippen LogP contribution in [0.3, 0.4) is 0 Å². The smallest absolute Gasteiger partial charge is 0.251 e. The number of benzene rings is 1. The van der Waals surface area contributed by atoms with E-state index in [-0.39, 0.29) is 29.1 Å². The highest BCUT2D eigenvalue weighted by atomic mass is 28.4. The number of nitrogens with one attached hydrogen (secondary N) is 1. The maximum Gasteiger partial charge on any atom is 0.251 e. The standard InChI is InChI=1S/C34H55F2N5O3Si/c1-24-30(37-26-13-18-42-22-26)38-31(39-32(24)41-16-14-40(15-17-41)21-29(35)36)25-11-10-12-27(19-25)43-23-28(20-33(2,3)4)44-45(8,9)34(5,6)7/h10-12,19,26,28-29H,13-18,20-23H2,1-9H3,(H,37,38,39)/t26-,28?/m1/s1. The number of piperazine rings is 1. The van der Waals surface area contributed by atoms with Gasteiger partial charge in [0.05, 0.1) is 25.3 Å². The summed E-state index contributed by atoms with van der Waals surface area (Å²) in [5.41, 5.74) is 1.91. The molecule has 2 saturated heterocycles. The maximum absolute atomic E-state index is 13.0. The van der Waals surface area contributed by atoms with E-state index in [4.69, 9.17) is 23.9 Å². The number of alkyl halides is 2. The summed E-state index contributed by atoms with van der Waals surface area (Å²) in [6.45, 7) is 24.1. The molecule has 0 aliphatic carbocycles. The third-order valence-corrected chi connectivity index (χ3v) is 13.6. The van der Waals surface area contributed by atoms with Gasteiger partial charge in [-0.05, 0) is 55.4 Å². The molecule has 0 radical (unpaired) electrons. The summed E-state index contributed by atoms with van der Waals surface area (Å²) >= 11 is 0. The van der Waals surface area contributed by atoms with Gasteiger partial charge in [-0.2, -0.15) is 0 Å². The molecule has 11 heteroatoms. The van der Waals surface area contributed by atoms with Crippen LogP contribution in [-0.2, 0) is 9.16 Å². The fourth-order valence-corrected chi connectivity index (χ4v) is 6.92. The summed E-state index contributed by atoms with van der Waals surface area (Å²) < 4.78 is 44.9. The van der Waals surface area contributed by atoms with Gasteiger partial charge in [-0.15, -0.1) is 0 Å². The number of anilines is 2. The Bertz CT molecular complexity index is 1250. The van der Waals surface area contributed by atoms with Gasteiger partial charge in [0, 0.05) is 43.9 Å². The zero-order valence-corrected chi connectivity index (χ0v) is 29.9. The summed E-state index contributed by atoms with van der Waals surface area (Å²) in [6.07, 6.45) is -0.542. The summed E-state index contributed by atoms with van der Waals surface area (Å²) in [5.74, 6) is 2.95. The second-order valence-electron chi connectivity index (χ2n) is 15.3. The molecule has 4 rings (SSSR count). The summed E-state index contributed by atoms with van der Waals surface area (Å²) in [4.78, 5) is 14.0. The van der Waals surface area contributed by atoms with Crippen molar-refractivity contribution in [2.24, 2.45) is 5.41 Å². The lowest BCUT2D eigenvalue weighted by molar-refractivity contribution is 0.0789. The largest absolute Gasteiger partial charge is 0.491 e. The Morgan fingerprint density at radius 1 is 1.07 bits per heavy atom. The molecule has 1 aromatic heterocycles. The van der Waals surface area contributed by atoms with Gasteiger partial charge in [-0.1, -0.05) is 53.7 Å². The predicted molar refractivity (Wildman–Crippen MR) is 181 cm³/mol. The van der Waals surface area contributed by atoms with Crippen molar-refractivity contribution in [2.45, 2.75) is 98.0 Å². The third-order valence-electron chi connectivity index (χ3n) is 9.09. The molecule has 2 aromatic rings. The van der Waals surface area contributed by atoms with E-state index in [9.17, 15) is 8.78 Å². The zero-order valence-electron chi connectivity index (χ0n) is 28.9. The van der Waals surface area contributed by atoms with Gasteiger partial charge in [0.25, 0.3) is 6.43 Å². The fourth-order valence-electron chi connectivity index (χ4n) is 5.59. The van der Waals surface area contributed by atoms with E-state index in [2.05, 4.69) is 64.9 Å². The number of aromatic nitrogens is 2. The average molecular weight is 648 g/mol. The Kier molecular flexibility index (Phi) is 11.5. The van der Waals surface area contributed by atoms with Gasteiger partial charge in [0.15, 0.2) is 14.1 Å². The first-order valence-corrected chi connectivity index (χ1v) is 19.3. The molecule has 3 heterocycles. The number of rotatable bonds is 12. The van der Waals surface area contributed by atoms with Gasteiger partial charge in [-0.25, -0.2) is 18.7 Å². The third kappa shape index (κ3) is 10.1. The molecule has 2 aliphatic rings. The first-order valence-electron chi connectivity index (χ1n) is 16.4. The van der Waals surface area contributed by atoms with E-state index < -0.39 is 14.7 Å². The summed E-state index contributed by atoms with van der Waals surface area (Å²) in [5, 5.41) is 3.69. The highest BCUT2D eigenvalue weighted by Gasteiger charge is 2.40. The van der Waals surface area contributed by atoms with Crippen LogP contribution in [0.25, 0.3) is 11.4 Å². The van der Waals surface area contributed by atoms with Gasteiger partial charge in [0.2, 0.25) is 0 Å². The van der Waals surface area contributed by atoms with Gasteiger partial charge in [0.1, 0.15) is 24.0 Å². The Labute approximate surface area is 270 Å². The van der Waals surface area contributed by atoms with Crippen LogP contribution in [0.5, 0.6) is 5.75 Å². The average Bonchev–Trinajstić information content (AvgIpc) is 3.45. The van der Waals surface area contributed by atoms with Crippen LogP contribution in [-0.4, -0.2) is 94.3 Å². The Morgan fingerprint density at radius 3 is 2.38 bits per heavy atom. The molecule has 0 bridgehead atoms. The highest BCUT2D eigenvalue weighted by Crippen LogP contribution is 2.39. The van der Waals surface area contributed by atoms with E-state index in [0.29, 0.717) is 45.2 Å². The van der Waals surface area contributed by atoms with Crippen molar-refractivity contribution < 1.29 is 22.7 Å². The topological polar surface area (TPSA) is 72.0 Å². The minimum atomic E-state index is -2.33. The minimum absolute atomic E-state index is 0.0232. The van der Waals surface area contributed by atoms with Crippen LogP contribution in [0.15, 0.2) is 24.3 Å². The molecular formula is C34H55F2N5O3Si. The van der Waals surface area contributed by atoms with Crippen molar-refractivity contribution in [3.8, 4) is 17.1 Å². The molecule has 1 aromatic carbocycles. The van der Waals surface area contributed by atoms with E-state index in [1.165, 1.54) is 0 Å². The van der Waals surface area contributed by atoms with Crippen molar-refractivity contribution in [1.82, 2.24) is 14.9 Å². The molecule has 0 spiro atoms. The molecule has 2 atom stereocenters. The quantitative estimate of drug-likeness (QED) is 0.242. The van der Waals surface area contributed by atoms with Crippen LogP contribution >= 0.6 is 0 Å². The maximum atomic E-state index is 13.0. The highest BCUT2D eigenvalue weighted by molar-refractivity contribution is 6.74. The Hall–Kier alpha value is -2.34. The van der Waals surface area contributed by atoms with Crippen LogP contribution in [0.4, 0.5) is 20.4 Å². The van der Waals surface area contributed by atoms with E-state index in [1.807, 2.05) is 36.1 Å². The monoisotopic (exact) mass is 647 g/mol. The lowest BCUT2D eigenvalue weighted by Crippen LogP contribution is -2.48. The SMILES string of the molecule is Cc1c(N[C@@H]2CCOC2)nc(-c2cccc(OCC(CC(C)(C)C)O[Si](C)(C)C(C)(C)C)c2)nc1N1CCN(CC(F)F)CC1. The van der Waals surface area contributed by atoms with E-state index in [0.717, 1.165) is 48.0 Å². The lowest BCUT2D eigenvalue weighted by Gasteiger charge is -2.40. The number of hydrogen-bond donors (Lipinski definition) is 1. The van der Waals surface area contributed by atoms with Crippen molar-refractivity contribution in [3.63, 3.8) is 0 Å². The number of nitrogens with zero attached hydrogens (tertiary/aromatic N) is 4. The molecule has 1 unspecified atom stereocenters. The summed E-state index contributed by atoms with van der Waals surface area (Å²) in [7, 11) is -1.99. The van der Waals surface area contributed by atoms with Crippen molar-refractivity contribution in [3.05, 3.63) is 29.8 Å². The molecular weight excluding hydrogens is 592 g/mol. The second kappa shape index (κ2) is 14.6. The molecule has 252 valence electrons. The van der Waals surface area contributed by atoms with E-state index in [1.54, 1.807) is 0 Å². The van der Waals surface area contributed by atoms with Crippen LogP contribution < -0.4 is 15.0 Å². The molecule has 1 N–H and O–H groups in total. The van der Waals surface area contributed by atoms with Gasteiger partial charge < -0.3 is 24.1 Å². The van der Waals surface area contributed by atoms with Crippen molar-refractivity contribution in [1.29, 1.82) is 0 Å². The van der Waals surface area contributed by atoms with Gasteiger partial charge in [-0.3, -0.25) is 4.90 Å². The van der Waals surface area contributed by atoms with E-state index >= 15 is 0 Å². The lowest BCUT2D eigenvalue weighted by atomic mass is 9.89. The second-order valence-corrected chi connectivity index (χ2v) is 20.1. The Morgan fingerprint density at radius 2 is 1.78 bits per heavy atom. The van der Waals surface area contributed by atoms with Crippen molar-refractivity contribution in [2.75, 3.05) is 62.8 Å². The zero-order chi connectivity index (χ0) is 33.0. The Balaban J connectivity index is 1.58. The predicted octanol–water partition coefficient (Wildman–Crippen LogP) is 7.25. The van der Waals surface area contributed by atoms with Crippen LogP contribution in [0.1, 0.15) is 59.9 Å². The van der Waals surface area contributed by atoms with Gasteiger partial charge >= 0.3 is 0 Å². The number of ether oxygens (including phenoxy) is 2. The molecule has 2 aliphatic heterocycles. The number of hydrogen-bond acceptors (Lipinski definition) is 8. The minimum Gasteiger partial charge on any atom is -0.491 e. The number of halogens is 2. The van der Waals surface area contributed by atoms with Crippen LogP contribution in [0, 0.1) is 12.3 Å². The molecule has 0 amide bonds. The molecule has 8 nitrogen and oxygen atoms in total. The first-order chi connectivity index (χ1) is 21.0. The summed E-state index contributed by atoms with van der Waals surface area (Å²) in [6, 6.07) is 8.12. The molecule has 0 saturated carbocycles. The first kappa shape index (κ1) is 35.5. The normalized spacial score (nSPS) is 19.3. The van der Waals surface area contributed by atoms with Crippen molar-refractivity contribution >= 4 is 20.0 Å².